The second-order valence-corrected chi connectivity index (χ2v) is 6.84. The molecule has 1 aliphatic rings. The lowest BCUT2D eigenvalue weighted by molar-refractivity contribution is 0.0747. The number of pyridine rings is 1. The van der Waals surface area contributed by atoms with Gasteiger partial charge in [-0.05, 0) is 38.2 Å². The molecule has 0 saturated carbocycles. The van der Waals surface area contributed by atoms with E-state index in [2.05, 4.69) is 25.9 Å². The number of carbonyl (C=O) groups excluding carboxylic acids is 1. The highest BCUT2D eigenvalue weighted by atomic mass is 16.4. The monoisotopic (exact) mass is 343 g/mol. The molecule has 0 radical (unpaired) electrons. The third-order valence-corrected chi connectivity index (χ3v) is 4.98. The molecule has 0 aliphatic carbocycles. The van der Waals surface area contributed by atoms with Crippen LogP contribution in [0.25, 0.3) is 0 Å². The summed E-state index contributed by atoms with van der Waals surface area (Å²) in [4.78, 5) is 28.6. The van der Waals surface area contributed by atoms with Crippen molar-refractivity contribution < 1.29 is 9.21 Å². The normalized spacial score (nSPS) is 20.4. The Morgan fingerprint density at radius 1 is 1.24 bits per heavy atom. The Morgan fingerprint density at radius 2 is 2.04 bits per heavy atom. The first kappa shape index (κ1) is 17.5. The van der Waals surface area contributed by atoms with E-state index in [1.807, 2.05) is 4.90 Å². The van der Waals surface area contributed by atoms with Crippen LogP contribution in [0.15, 0.2) is 45.7 Å². The fourth-order valence-electron chi connectivity index (χ4n) is 3.50. The number of nitrogens with zero attached hydrogens (tertiary/aromatic N) is 3. The number of likely N-dealkylation sites (N-methyl/N-ethyl adjacent to an activating group) is 1. The fraction of sp³-hybridized carbons (Fsp3) is 0.474. The number of rotatable bonds is 5. The lowest BCUT2D eigenvalue weighted by Gasteiger charge is -2.23. The summed E-state index contributed by atoms with van der Waals surface area (Å²) in [7, 11) is 4.12. The Bertz CT molecular complexity index is 793. The summed E-state index contributed by atoms with van der Waals surface area (Å²) in [5, 5.41) is 0. The third kappa shape index (κ3) is 3.69. The molecule has 25 heavy (non-hydrogen) atoms. The summed E-state index contributed by atoms with van der Waals surface area (Å²) in [6, 6.07) is 8.86. The maximum absolute atomic E-state index is 12.8. The van der Waals surface area contributed by atoms with Crippen LogP contribution in [0.5, 0.6) is 0 Å². The van der Waals surface area contributed by atoms with Crippen molar-refractivity contribution in [3.63, 3.8) is 0 Å². The number of aromatic nitrogens is 1. The number of carbonyl (C=O) groups is 1. The topological polar surface area (TPSA) is 58.7 Å². The molecule has 1 amide bonds. The quantitative estimate of drug-likeness (QED) is 0.832. The molecule has 1 saturated heterocycles. The van der Waals surface area contributed by atoms with Crippen LogP contribution in [-0.4, -0.2) is 53.5 Å². The van der Waals surface area contributed by atoms with Crippen molar-refractivity contribution in [3.8, 4) is 0 Å². The number of furan rings is 1. The molecule has 0 spiro atoms. The minimum absolute atomic E-state index is 0.0746. The van der Waals surface area contributed by atoms with Gasteiger partial charge in [-0.15, -0.1) is 0 Å². The lowest BCUT2D eigenvalue weighted by atomic mass is 10.0. The van der Waals surface area contributed by atoms with Gasteiger partial charge >= 0.3 is 0 Å². The standard InChI is InChI=1S/C19H25N3O3/c1-4-14-11-22(13-16(14)20(2)3)19(24)17-9-8-15(25-17)12-21-10-6-5-7-18(21)23/h5-10,14,16H,4,11-13H2,1-3H3/t14-,16+/m0/s1. The van der Waals surface area contributed by atoms with Gasteiger partial charge in [-0.1, -0.05) is 19.4 Å². The Balaban J connectivity index is 1.71. The zero-order valence-electron chi connectivity index (χ0n) is 15.0. The average Bonchev–Trinajstić information content (AvgIpc) is 3.23. The predicted molar refractivity (Wildman–Crippen MR) is 95.7 cm³/mol. The minimum Gasteiger partial charge on any atom is -0.454 e. The van der Waals surface area contributed by atoms with E-state index in [1.54, 1.807) is 35.0 Å². The fourth-order valence-corrected chi connectivity index (χ4v) is 3.50. The molecule has 0 N–H and O–H groups in total. The lowest BCUT2D eigenvalue weighted by Crippen LogP contribution is -2.36. The minimum atomic E-state index is -0.0917. The van der Waals surface area contributed by atoms with Crippen molar-refractivity contribution in [2.24, 2.45) is 5.92 Å². The van der Waals surface area contributed by atoms with E-state index in [0.29, 0.717) is 30.0 Å². The van der Waals surface area contributed by atoms with Gasteiger partial charge in [0.15, 0.2) is 5.76 Å². The second kappa shape index (κ2) is 7.27. The Labute approximate surface area is 147 Å². The van der Waals surface area contributed by atoms with E-state index in [0.717, 1.165) is 19.5 Å². The molecule has 3 rings (SSSR count). The largest absolute Gasteiger partial charge is 0.454 e. The van der Waals surface area contributed by atoms with Gasteiger partial charge in [0.25, 0.3) is 11.5 Å². The highest BCUT2D eigenvalue weighted by Gasteiger charge is 2.36. The summed E-state index contributed by atoms with van der Waals surface area (Å²) >= 11 is 0. The SMILES string of the molecule is CC[C@H]1CN(C(=O)c2ccc(Cn3ccccc3=O)o2)C[C@H]1N(C)C. The van der Waals surface area contributed by atoms with E-state index in [4.69, 9.17) is 4.42 Å². The molecule has 0 aromatic carbocycles. The van der Waals surface area contributed by atoms with E-state index in [1.165, 1.54) is 6.07 Å². The maximum Gasteiger partial charge on any atom is 0.289 e. The molecule has 1 aliphatic heterocycles. The molecular weight excluding hydrogens is 318 g/mol. The first-order valence-corrected chi connectivity index (χ1v) is 8.69. The number of amides is 1. The van der Waals surface area contributed by atoms with Gasteiger partial charge < -0.3 is 18.8 Å². The van der Waals surface area contributed by atoms with Gasteiger partial charge in [-0.3, -0.25) is 9.59 Å². The molecule has 134 valence electrons. The summed E-state index contributed by atoms with van der Waals surface area (Å²) < 4.78 is 7.27. The zero-order chi connectivity index (χ0) is 18.0. The summed E-state index contributed by atoms with van der Waals surface area (Å²) in [5.74, 6) is 1.35. The molecule has 6 heteroatoms. The van der Waals surface area contributed by atoms with E-state index in [9.17, 15) is 9.59 Å². The molecule has 2 atom stereocenters. The first-order chi connectivity index (χ1) is 12.0. The number of hydrogen-bond donors (Lipinski definition) is 0. The summed E-state index contributed by atoms with van der Waals surface area (Å²) in [5.41, 5.74) is -0.0917. The average molecular weight is 343 g/mol. The van der Waals surface area contributed by atoms with Gasteiger partial charge in [0, 0.05) is 31.4 Å². The van der Waals surface area contributed by atoms with Crippen LogP contribution >= 0.6 is 0 Å². The molecule has 6 nitrogen and oxygen atoms in total. The van der Waals surface area contributed by atoms with Crippen molar-refractivity contribution in [1.29, 1.82) is 0 Å². The Kier molecular flexibility index (Phi) is 5.08. The molecule has 0 bridgehead atoms. The van der Waals surface area contributed by atoms with Crippen LogP contribution in [0.3, 0.4) is 0 Å². The van der Waals surface area contributed by atoms with Gasteiger partial charge in [-0.2, -0.15) is 0 Å². The third-order valence-electron chi connectivity index (χ3n) is 4.98. The van der Waals surface area contributed by atoms with Gasteiger partial charge in [0.2, 0.25) is 0 Å². The van der Waals surface area contributed by atoms with Gasteiger partial charge in [-0.25, -0.2) is 0 Å². The van der Waals surface area contributed by atoms with Crippen LogP contribution in [0.4, 0.5) is 0 Å². The molecule has 0 unspecified atom stereocenters. The zero-order valence-corrected chi connectivity index (χ0v) is 15.0. The van der Waals surface area contributed by atoms with Crippen molar-refractivity contribution in [2.75, 3.05) is 27.2 Å². The Hall–Kier alpha value is -2.34. The van der Waals surface area contributed by atoms with E-state index < -0.39 is 0 Å². The van der Waals surface area contributed by atoms with Crippen LogP contribution in [-0.2, 0) is 6.54 Å². The molecule has 1 fully saturated rings. The van der Waals surface area contributed by atoms with E-state index >= 15 is 0 Å². The molecular formula is C19H25N3O3. The van der Waals surface area contributed by atoms with Gasteiger partial charge in [0.05, 0.1) is 6.54 Å². The Morgan fingerprint density at radius 3 is 2.68 bits per heavy atom. The summed E-state index contributed by atoms with van der Waals surface area (Å²) in [6.45, 7) is 3.97. The van der Waals surface area contributed by atoms with Crippen molar-refractivity contribution in [3.05, 3.63) is 58.4 Å². The van der Waals surface area contributed by atoms with Crippen LogP contribution < -0.4 is 5.56 Å². The van der Waals surface area contributed by atoms with Gasteiger partial charge in [0.1, 0.15) is 5.76 Å². The maximum atomic E-state index is 12.8. The highest BCUT2D eigenvalue weighted by Crippen LogP contribution is 2.25. The predicted octanol–water partition coefficient (Wildman–Crippen LogP) is 1.90. The van der Waals surface area contributed by atoms with Crippen molar-refractivity contribution in [2.45, 2.75) is 25.9 Å². The number of hydrogen-bond acceptors (Lipinski definition) is 4. The van der Waals surface area contributed by atoms with Crippen LogP contribution in [0.2, 0.25) is 0 Å². The van der Waals surface area contributed by atoms with Crippen LogP contribution in [0.1, 0.15) is 29.7 Å². The highest BCUT2D eigenvalue weighted by molar-refractivity contribution is 5.91. The summed E-state index contributed by atoms with van der Waals surface area (Å²) in [6.07, 6.45) is 2.76. The first-order valence-electron chi connectivity index (χ1n) is 8.69. The molecule has 2 aromatic rings. The second-order valence-electron chi connectivity index (χ2n) is 6.84. The van der Waals surface area contributed by atoms with Crippen LogP contribution in [0, 0.1) is 5.92 Å². The molecule has 3 heterocycles. The molecule has 2 aromatic heterocycles. The smallest absolute Gasteiger partial charge is 0.289 e. The van der Waals surface area contributed by atoms with E-state index in [-0.39, 0.29) is 11.5 Å². The van der Waals surface area contributed by atoms with Crippen molar-refractivity contribution >= 4 is 5.91 Å². The number of likely N-dealkylation sites (tertiary alicyclic amines) is 1. The van der Waals surface area contributed by atoms with Crippen molar-refractivity contribution in [1.82, 2.24) is 14.4 Å².